The number of imidazole rings is 1. The third-order valence-corrected chi connectivity index (χ3v) is 3.41. The van der Waals surface area contributed by atoms with E-state index in [1.54, 1.807) is 24.1 Å². The van der Waals surface area contributed by atoms with E-state index in [9.17, 15) is 0 Å². The molecule has 0 aliphatic heterocycles. The second kappa shape index (κ2) is 4.38. The Morgan fingerprint density at radius 2 is 2.25 bits per heavy atom. The van der Waals surface area contributed by atoms with Crippen LogP contribution in [0.25, 0.3) is 16.9 Å². The molecule has 4 heterocycles. The highest BCUT2D eigenvalue weighted by molar-refractivity contribution is 7.13. The van der Waals surface area contributed by atoms with Gasteiger partial charge in [-0.3, -0.25) is 9.50 Å². The standard InChI is InChI=1S/C11H8N8S/c1-2-19-8(7-3-14-15-4-7)5-13-10(19)9(12-1)17-11-18-16-6-20-11/h1-6H,(H,14,15)(H,12,17,18). The van der Waals surface area contributed by atoms with Crippen LogP contribution in [0.15, 0.2) is 36.5 Å². The summed E-state index contributed by atoms with van der Waals surface area (Å²) in [6.07, 6.45) is 8.92. The van der Waals surface area contributed by atoms with Gasteiger partial charge in [0.15, 0.2) is 11.5 Å². The molecule has 0 unspecified atom stereocenters. The smallest absolute Gasteiger partial charge is 0.211 e. The Labute approximate surface area is 116 Å². The fourth-order valence-corrected chi connectivity index (χ4v) is 2.38. The Bertz CT molecular complexity index is 833. The average Bonchev–Trinajstić information content (AvgIpc) is 3.20. The van der Waals surface area contributed by atoms with Gasteiger partial charge in [-0.15, -0.1) is 10.2 Å². The first-order chi connectivity index (χ1) is 9.92. The monoisotopic (exact) mass is 284 g/mol. The fraction of sp³-hybridized carbons (Fsp3) is 0. The number of aromatic nitrogens is 7. The maximum absolute atomic E-state index is 4.41. The van der Waals surface area contributed by atoms with Crippen molar-refractivity contribution >= 4 is 27.9 Å². The van der Waals surface area contributed by atoms with E-state index in [4.69, 9.17) is 0 Å². The van der Waals surface area contributed by atoms with Crippen LogP contribution in [0, 0.1) is 0 Å². The zero-order valence-corrected chi connectivity index (χ0v) is 10.9. The highest BCUT2D eigenvalue weighted by Crippen LogP contribution is 2.24. The second-order valence-corrected chi connectivity index (χ2v) is 4.80. The lowest BCUT2D eigenvalue weighted by Gasteiger charge is -2.03. The minimum absolute atomic E-state index is 0.638. The normalized spacial score (nSPS) is 11.0. The minimum atomic E-state index is 0.638. The van der Waals surface area contributed by atoms with E-state index >= 15 is 0 Å². The van der Waals surface area contributed by atoms with Gasteiger partial charge in [-0.25, -0.2) is 9.97 Å². The van der Waals surface area contributed by atoms with E-state index in [2.05, 4.69) is 35.7 Å². The predicted molar refractivity (Wildman–Crippen MR) is 73.8 cm³/mol. The van der Waals surface area contributed by atoms with E-state index < -0.39 is 0 Å². The van der Waals surface area contributed by atoms with Gasteiger partial charge in [-0.1, -0.05) is 11.3 Å². The molecular formula is C11H8N8S. The highest BCUT2D eigenvalue weighted by Gasteiger charge is 2.11. The summed E-state index contributed by atoms with van der Waals surface area (Å²) in [7, 11) is 0. The highest BCUT2D eigenvalue weighted by atomic mass is 32.1. The number of fused-ring (bicyclic) bond motifs is 1. The molecule has 0 fully saturated rings. The number of aromatic amines is 1. The molecule has 0 aliphatic carbocycles. The molecule has 0 amide bonds. The van der Waals surface area contributed by atoms with Gasteiger partial charge in [0, 0.05) is 24.2 Å². The maximum Gasteiger partial charge on any atom is 0.211 e. The molecule has 2 N–H and O–H groups in total. The van der Waals surface area contributed by atoms with Crippen molar-refractivity contribution in [1.82, 2.24) is 34.8 Å². The van der Waals surface area contributed by atoms with Crippen LogP contribution in [0.1, 0.15) is 0 Å². The van der Waals surface area contributed by atoms with Gasteiger partial charge >= 0.3 is 0 Å². The van der Waals surface area contributed by atoms with Crippen molar-refractivity contribution in [3.8, 4) is 11.3 Å². The van der Waals surface area contributed by atoms with Crippen molar-refractivity contribution in [2.75, 3.05) is 5.32 Å². The number of hydrogen-bond donors (Lipinski definition) is 2. The van der Waals surface area contributed by atoms with Gasteiger partial charge < -0.3 is 5.32 Å². The Kier molecular flexibility index (Phi) is 2.42. The largest absolute Gasteiger partial charge is 0.312 e. The quantitative estimate of drug-likeness (QED) is 0.594. The molecule has 4 aromatic heterocycles. The lowest BCUT2D eigenvalue weighted by molar-refractivity contribution is 1.08. The van der Waals surface area contributed by atoms with Crippen LogP contribution in [-0.2, 0) is 0 Å². The number of hydrogen-bond acceptors (Lipinski definition) is 7. The average molecular weight is 284 g/mol. The Hall–Kier alpha value is -2.81. The molecule has 8 nitrogen and oxygen atoms in total. The van der Waals surface area contributed by atoms with Crippen molar-refractivity contribution in [1.29, 1.82) is 0 Å². The molecule has 0 spiro atoms. The first-order valence-corrected chi connectivity index (χ1v) is 6.64. The van der Waals surface area contributed by atoms with E-state index in [0.29, 0.717) is 10.9 Å². The zero-order valence-electron chi connectivity index (χ0n) is 10.1. The summed E-state index contributed by atoms with van der Waals surface area (Å²) in [5, 5.41) is 18.3. The lowest BCUT2D eigenvalue weighted by Crippen LogP contribution is -1.98. The number of nitrogens with one attached hydrogen (secondary N) is 2. The van der Waals surface area contributed by atoms with Crippen LogP contribution >= 0.6 is 11.3 Å². The summed E-state index contributed by atoms with van der Waals surface area (Å²) in [6, 6.07) is 0. The first kappa shape index (κ1) is 11.1. The molecule has 20 heavy (non-hydrogen) atoms. The zero-order chi connectivity index (χ0) is 13.4. The molecule has 0 saturated carbocycles. The molecule has 0 bridgehead atoms. The van der Waals surface area contributed by atoms with Gasteiger partial charge in [0.2, 0.25) is 5.13 Å². The number of anilines is 2. The molecule has 0 atom stereocenters. The topological polar surface area (TPSA) is 96.7 Å². The summed E-state index contributed by atoms with van der Waals surface area (Å²) >= 11 is 1.41. The van der Waals surface area contributed by atoms with Crippen molar-refractivity contribution in [2.24, 2.45) is 0 Å². The minimum Gasteiger partial charge on any atom is -0.312 e. The summed E-state index contributed by atoms with van der Waals surface area (Å²) in [5.74, 6) is 0.638. The molecule has 0 saturated heterocycles. The molecule has 0 aromatic carbocycles. The van der Waals surface area contributed by atoms with Crippen LogP contribution in [0.5, 0.6) is 0 Å². The third kappa shape index (κ3) is 1.72. The van der Waals surface area contributed by atoms with Crippen molar-refractivity contribution < 1.29 is 0 Å². The molecular weight excluding hydrogens is 276 g/mol. The lowest BCUT2D eigenvalue weighted by atomic mass is 10.3. The Morgan fingerprint density at radius 3 is 3.05 bits per heavy atom. The van der Waals surface area contributed by atoms with E-state index in [1.807, 2.05) is 16.8 Å². The van der Waals surface area contributed by atoms with E-state index in [0.717, 1.165) is 16.9 Å². The number of rotatable bonds is 3. The molecule has 4 aromatic rings. The second-order valence-electron chi connectivity index (χ2n) is 3.97. The van der Waals surface area contributed by atoms with Crippen LogP contribution in [0.4, 0.5) is 10.9 Å². The van der Waals surface area contributed by atoms with Gasteiger partial charge in [0.05, 0.1) is 18.1 Å². The summed E-state index contributed by atoms with van der Waals surface area (Å²) in [5.41, 5.74) is 4.28. The van der Waals surface area contributed by atoms with Crippen LogP contribution in [0.2, 0.25) is 0 Å². The van der Waals surface area contributed by atoms with Crippen molar-refractivity contribution in [2.45, 2.75) is 0 Å². The summed E-state index contributed by atoms with van der Waals surface area (Å²) < 4.78 is 1.95. The molecule has 4 rings (SSSR count). The van der Waals surface area contributed by atoms with Gasteiger partial charge in [0.25, 0.3) is 0 Å². The van der Waals surface area contributed by atoms with E-state index in [1.165, 1.54) is 11.3 Å². The summed E-state index contributed by atoms with van der Waals surface area (Å²) in [6.45, 7) is 0. The SMILES string of the molecule is c1cn2c(-c3cn[nH]c3)cnc2c(Nc2nncs2)n1. The van der Waals surface area contributed by atoms with Crippen molar-refractivity contribution in [3.63, 3.8) is 0 Å². The number of nitrogens with zero attached hydrogens (tertiary/aromatic N) is 6. The van der Waals surface area contributed by atoms with Gasteiger partial charge in [-0.05, 0) is 0 Å². The molecule has 0 aliphatic rings. The fourth-order valence-electron chi connectivity index (χ4n) is 1.94. The third-order valence-electron chi connectivity index (χ3n) is 2.81. The summed E-state index contributed by atoms with van der Waals surface area (Å²) in [4.78, 5) is 8.71. The van der Waals surface area contributed by atoms with Gasteiger partial charge in [-0.2, -0.15) is 5.10 Å². The van der Waals surface area contributed by atoms with Crippen molar-refractivity contribution in [3.05, 3.63) is 36.5 Å². The van der Waals surface area contributed by atoms with Crippen LogP contribution in [-0.4, -0.2) is 34.8 Å². The predicted octanol–water partition coefficient (Wildman–Crippen LogP) is 1.71. The van der Waals surface area contributed by atoms with Gasteiger partial charge in [0.1, 0.15) is 5.51 Å². The first-order valence-electron chi connectivity index (χ1n) is 5.76. The van der Waals surface area contributed by atoms with Crippen LogP contribution in [0.3, 0.4) is 0 Å². The maximum atomic E-state index is 4.41. The van der Waals surface area contributed by atoms with E-state index in [-0.39, 0.29) is 0 Å². The molecule has 98 valence electrons. The molecule has 9 heteroatoms. The number of H-pyrrole nitrogens is 1. The van der Waals surface area contributed by atoms with Crippen LogP contribution < -0.4 is 5.32 Å². The Balaban J connectivity index is 1.84. The molecule has 0 radical (unpaired) electrons. The Morgan fingerprint density at radius 1 is 1.25 bits per heavy atom.